The molecule has 0 fully saturated rings. The Morgan fingerprint density at radius 1 is 1.28 bits per heavy atom. The van der Waals surface area contributed by atoms with Crippen molar-refractivity contribution < 1.29 is 33.1 Å². The molecule has 0 aliphatic carbocycles. The molecule has 2 atom stereocenters. The summed E-state index contributed by atoms with van der Waals surface area (Å²) in [6.07, 6.45) is 2.43. The quantitative estimate of drug-likeness (QED) is 0.231. The van der Waals surface area contributed by atoms with Gasteiger partial charge < -0.3 is 20.7 Å². The maximum atomic E-state index is 14.2. The number of thioether (sulfide) groups is 1. The average molecular weight is 521 g/mol. The fraction of sp³-hybridized carbons (Fsp3) is 0.417. The van der Waals surface area contributed by atoms with E-state index < -0.39 is 47.6 Å². The van der Waals surface area contributed by atoms with Gasteiger partial charge in [0.05, 0.1) is 24.4 Å². The molecule has 0 saturated heterocycles. The van der Waals surface area contributed by atoms with E-state index in [-0.39, 0.29) is 35.2 Å². The summed E-state index contributed by atoms with van der Waals surface area (Å²) in [7, 11) is 0. The van der Waals surface area contributed by atoms with Crippen LogP contribution in [0.3, 0.4) is 0 Å². The zero-order valence-corrected chi connectivity index (χ0v) is 21.1. The van der Waals surface area contributed by atoms with Crippen LogP contribution in [0.2, 0.25) is 0 Å². The van der Waals surface area contributed by atoms with Gasteiger partial charge in [0.15, 0.2) is 5.12 Å². The zero-order valence-electron chi connectivity index (χ0n) is 20.3. The number of hydrogen-bond acceptors (Lipinski definition) is 8. The van der Waals surface area contributed by atoms with Gasteiger partial charge >= 0.3 is 5.97 Å². The van der Waals surface area contributed by atoms with Crippen LogP contribution in [0.25, 0.3) is 0 Å². The molecule has 10 nitrogen and oxygen atoms in total. The predicted octanol–water partition coefficient (Wildman–Crippen LogP) is 1.76. The van der Waals surface area contributed by atoms with Gasteiger partial charge in [-0.3, -0.25) is 19.2 Å². The van der Waals surface area contributed by atoms with Crippen molar-refractivity contribution in [3.8, 4) is 0 Å². The molecular formula is C24H29FN4O6S. The van der Waals surface area contributed by atoms with Gasteiger partial charge in [0.25, 0.3) is 11.8 Å². The number of nitrogens with one attached hydrogen (secondary N) is 3. The molecule has 3 N–H and O–H groups in total. The highest BCUT2D eigenvalue weighted by molar-refractivity contribution is 8.13. The van der Waals surface area contributed by atoms with Crippen molar-refractivity contribution in [2.75, 3.05) is 5.75 Å². The number of halogens is 1. The lowest BCUT2D eigenvalue weighted by atomic mass is 10.0. The Morgan fingerprint density at radius 3 is 2.67 bits per heavy atom. The Balaban J connectivity index is 2.33. The summed E-state index contributed by atoms with van der Waals surface area (Å²) in [5.41, 5.74) is -0.722. The lowest BCUT2D eigenvalue weighted by molar-refractivity contribution is -0.153. The summed E-state index contributed by atoms with van der Waals surface area (Å²) >= 11 is 1.14. The van der Waals surface area contributed by atoms with Crippen molar-refractivity contribution in [2.45, 2.75) is 52.3 Å². The third kappa shape index (κ3) is 8.91. The normalized spacial score (nSPS) is 20.1. The summed E-state index contributed by atoms with van der Waals surface area (Å²) in [5, 5.41) is 7.23. The summed E-state index contributed by atoms with van der Waals surface area (Å²) in [5.74, 6) is -3.60. The first-order valence-electron chi connectivity index (χ1n) is 11.2. The van der Waals surface area contributed by atoms with Gasteiger partial charge in [0.1, 0.15) is 23.7 Å². The van der Waals surface area contributed by atoms with E-state index in [1.807, 2.05) is 0 Å². The van der Waals surface area contributed by atoms with E-state index in [0.29, 0.717) is 12.2 Å². The lowest BCUT2D eigenvalue weighted by Crippen LogP contribution is -2.48. The molecule has 0 saturated carbocycles. The van der Waals surface area contributed by atoms with Gasteiger partial charge in [-0.1, -0.05) is 38.3 Å². The molecule has 2 heterocycles. The third-order valence-corrected chi connectivity index (χ3v) is 5.79. The van der Waals surface area contributed by atoms with Crippen LogP contribution in [0.1, 0.15) is 49.8 Å². The number of esters is 1. The standard InChI is InChI=1S/C24H29FN4O6S/c1-13(2)21-24(34)35-16(7-5-6-10-36-15(4)30)11-20(31)26-12-19-17(25)8-9-18(28-19)23(33)27-14(3)22(32)29-21/h5,7-9,13,16,21H,3,6,10-12H2,1-2,4H3,(H,26,31)(H,27,33)(H,29,32)/b7-5+/t16-,21+/m1/s1. The molecule has 36 heavy (non-hydrogen) atoms. The van der Waals surface area contributed by atoms with E-state index in [2.05, 4.69) is 27.5 Å². The first-order valence-corrected chi connectivity index (χ1v) is 12.2. The monoisotopic (exact) mass is 520 g/mol. The Morgan fingerprint density at radius 2 is 2.00 bits per heavy atom. The summed E-state index contributed by atoms with van der Waals surface area (Å²) in [4.78, 5) is 65.5. The molecule has 1 aliphatic rings. The van der Waals surface area contributed by atoms with Gasteiger partial charge in [-0.15, -0.1) is 0 Å². The van der Waals surface area contributed by atoms with Crippen molar-refractivity contribution >= 4 is 40.6 Å². The van der Waals surface area contributed by atoms with Gasteiger partial charge in [-0.2, -0.15) is 0 Å². The number of allylic oxidation sites excluding steroid dienone is 1. The largest absolute Gasteiger partial charge is 0.456 e. The highest BCUT2D eigenvalue weighted by Gasteiger charge is 2.29. The topological polar surface area (TPSA) is 144 Å². The van der Waals surface area contributed by atoms with Crippen molar-refractivity contribution in [1.29, 1.82) is 0 Å². The van der Waals surface area contributed by atoms with Crippen molar-refractivity contribution in [2.24, 2.45) is 5.92 Å². The Kier molecular flexibility index (Phi) is 10.8. The minimum atomic E-state index is -1.10. The fourth-order valence-electron chi connectivity index (χ4n) is 3.05. The number of hydrogen-bond donors (Lipinski definition) is 3. The fourth-order valence-corrected chi connectivity index (χ4v) is 3.59. The van der Waals surface area contributed by atoms with Crippen LogP contribution >= 0.6 is 11.8 Å². The molecule has 1 aromatic heterocycles. The van der Waals surface area contributed by atoms with Crippen LogP contribution < -0.4 is 16.0 Å². The second kappa shape index (κ2) is 13.5. The van der Waals surface area contributed by atoms with E-state index in [1.54, 1.807) is 19.9 Å². The van der Waals surface area contributed by atoms with Gasteiger partial charge in [-0.05, 0) is 30.5 Å². The second-order valence-corrected chi connectivity index (χ2v) is 9.54. The lowest BCUT2D eigenvalue weighted by Gasteiger charge is -2.24. The van der Waals surface area contributed by atoms with Crippen molar-refractivity contribution in [1.82, 2.24) is 20.9 Å². The smallest absolute Gasteiger partial charge is 0.329 e. The number of pyridine rings is 1. The minimum Gasteiger partial charge on any atom is -0.456 e. The number of nitrogens with zero attached hydrogens (tertiary/aromatic N) is 1. The van der Waals surface area contributed by atoms with Gasteiger partial charge in [-0.25, -0.2) is 14.2 Å². The molecule has 1 aliphatic heterocycles. The van der Waals surface area contributed by atoms with Crippen LogP contribution in [0.15, 0.2) is 36.6 Å². The molecule has 3 amide bonds. The van der Waals surface area contributed by atoms with Gasteiger partial charge in [0.2, 0.25) is 5.91 Å². The van der Waals surface area contributed by atoms with E-state index in [1.165, 1.54) is 13.0 Å². The van der Waals surface area contributed by atoms with Crippen LogP contribution in [0.5, 0.6) is 0 Å². The SMILES string of the molecule is C=C1NC(=O)c2ccc(F)c(n2)CNC(=O)C[C@@H](/C=C/CCSC(C)=O)OC(=O)[C@H](C(C)C)NC1=O. The second-order valence-electron chi connectivity index (χ2n) is 8.27. The molecule has 2 rings (SSSR count). The highest BCUT2D eigenvalue weighted by atomic mass is 32.2. The van der Waals surface area contributed by atoms with Crippen molar-refractivity contribution in [3.05, 3.63) is 53.8 Å². The van der Waals surface area contributed by atoms with Crippen LogP contribution in [-0.4, -0.2) is 51.7 Å². The predicted molar refractivity (Wildman–Crippen MR) is 131 cm³/mol. The maximum absolute atomic E-state index is 14.2. The number of ether oxygens (including phenoxy) is 1. The molecule has 0 unspecified atom stereocenters. The Labute approximate surface area is 212 Å². The number of carbonyl (C=O) groups excluding carboxylic acids is 5. The van der Waals surface area contributed by atoms with Crippen LogP contribution in [0, 0.1) is 11.7 Å². The molecule has 0 spiro atoms. The molecular weight excluding hydrogens is 491 g/mol. The number of rotatable bonds is 5. The molecule has 1 aromatic rings. The van der Waals surface area contributed by atoms with Crippen molar-refractivity contribution in [3.63, 3.8) is 0 Å². The number of aromatic nitrogens is 1. The first kappa shape index (κ1) is 28.7. The Hall–Kier alpha value is -3.54. The van der Waals surface area contributed by atoms with E-state index in [4.69, 9.17) is 4.74 Å². The zero-order chi connectivity index (χ0) is 26.8. The Bertz CT molecular complexity index is 1070. The number of cyclic esters (lactones) is 1. The average Bonchev–Trinajstić information content (AvgIpc) is 2.80. The van der Waals surface area contributed by atoms with E-state index >= 15 is 0 Å². The number of fused-ring (bicyclic) bond motifs is 2. The van der Waals surface area contributed by atoms with E-state index in [0.717, 1.165) is 23.9 Å². The minimum absolute atomic E-state index is 0.0304. The van der Waals surface area contributed by atoms with Crippen LogP contribution in [0.4, 0.5) is 4.39 Å². The molecule has 12 heteroatoms. The summed E-state index contributed by atoms with van der Waals surface area (Å²) < 4.78 is 19.7. The molecule has 2 bridgehead atoms. The molecule has 0 aromatic carbocycles. The number of amides is 3. The van der Waals surface area contributed by atoms with Crippen LogP contribution in [-0.2, 0) is 30.5 Å². The molecule has 194 valence electrons. The van der Waals surface area contributed by atoms with Gasteiger partial charge in [0, 0.05) is 12.7 Å². The third-order valence-electron chi connectivity index (χ3n) is 4.94. The number of carbonyl (C=O) groups is 5. The summed E-state index contributed by atoms with van der Waals surface area (Å²) in [6, 6.07) is 1.06. The first-order chi connectivity index (χ1) is 17.0. The summed E-state index contributed by atoms with van der Waals surface area (Å²) in [6.45, 7) is 8.04. The highest BCUT2D eigenvalue weighted by Crippen LogP contribution is 2.13. The molecule has 0 radical (unpaired) electrons. The van der Waals surface area contributed by atoms with E-state index in [9.17, 15) is 28.4 Å². The maximum Gasteiger partial charge on any atom is 0.329 e.